The molecule has 2 heterocycles. The fraction of sp³-hybridized carbons (Fsp3) is 0. The van der Waals surface area contributed by atoms with Crippen LogP contribution in [0.25, 0.3) is 10.9 Å². The highest BCUT2D eigenvalue weighted by atomic mass is 35.5. The van der Waals surface area contributed by atoms with Gasteiger partial charge in [0.15, 0.2) is 0 Å². The van der Waals surface area contributed by atoms with Crippen molar-refractivity contribution < 1.29 is 4.74 Å². The number of ether oxygens (including phenoxy) is 1. The Labute approximate surface area is 120 Å². The molecule has 4 nitrogen and oxygen atoms in total. The first-order valence-electron chi connectivity index (χ1n) is 5.85. The lowest BCUT2D eigenvalue weighted by molar-refractivity contribution is 0.463. The van der Waals surface area contributed by atoms with Crippen LogP contribution in [0.4, 0.5) is 0 Å². The van der Waals surface area contributed by atoms with Crippen LogP contribution in [-0.4, -0.2) is 9.97 Å². The lowest BCUT2D eigenvalue weighted by Gasteiger charge is -2.06. The second-order valence-electron chi connectivity index (χ2n) is 4.09. The lowest BCUT2D eigenvalue weighted by atomic mass is 10.2. The molecule has 2 aromatic heterocycles. The molecule has 0 bridgehead atoms. The van der Waals surface area contributed by atoms with Gasteiger partial charge < -0.3 is 4.74 Å². The fourth-order valence-electron chi connectivity index (χ4n) is 1.82. The smallest absolute Gasteiger partial charge is 0.221 e. The summed E-state index contributed by atoms with van der Waals surface area (Å²) in [4.78, 5) is 8.28. The summed E-state index contributed by atoms with van der Waals surface area (Å²) in [6, 6.07) is 14.4. The Balaban J connectivity index is 1.97. The Morgan fingerprint density at radius 2 is 2.05 bits per heavy atom. The number of pyridine rings is 2. The van der Waals surface area contributed by atoms with E-state index in [9.17, 15) is 0 Å². The fourth-order valence-corrected chi connectivity index (χ4v) is 2.02. The quantitative estimate of drug-likeness (QED) is 0.667. The van der Waals surface area contributed by atoms with Gasteiger partial charge in [-0.1, -0.05) is 17.7 Å². The van der Waals surface area contributed by atoms with E-state index >= 15 is 0 Å². The molecule has 0 radical (unpaired) electrons. The van der Waals surface area contributed by atoms with Crippen molar-refractivity contribution in [3.63, 3.8) is 0 Å². The molecule has 0 unspecified atom stereocenters. The first kappa shape index (κ1) is 12.4. The van der Waals surface area contributed by atoms with Crippen LogP contribution in [0.2, 0.25) is 5.15 Å². The molecule has 0 atom stereocenters. The highest BCUT2D eigenvalue weighted by Crippen LogP contribution is 2.25. The van der Waals surface area contributed by atoms with Crippen molar-refractivity contribution in [3.8, 4) is 17.7 Å². The second kappa shape index (κ2) is 5.16. The van der Waals surface area contributed by atoms with E-state index in [1.807, 2.05) is 36.4 Å². The van der Waals surface area contributed by atoms with Crippen molar-refractivity contribution in [2.75, 3.05) is 0 Å². The van der Waals surface area contributed by atoms with Gasteiger partial charge in [0.25, 0.3) is 0 Å². The molecule has 3 aromatic rings. The van der Waals surface area contributed by atoms with Crippen LogP contribution in [-0.2, 0) is 0 Å². The number of hydrogen-bond donors (Lipinski definition) is 0. The predicted molar refractivity (Wildman–Crippen MR) is 75.8 cm³/mol. The van der Waals surface area contributed by atoms with Gasteiger partial charge in [0, 0.05) is 23.7 Å². The number of benzene rings is 1. The van der Waals surface area contributed by atoms with Gasteiger partial charge in [-0.3, -0.25) is 4.98 Å². The third-order valence-electron chi connectivity index (χ3n) is 2.70. The van der Waals surface area contributed by atoms with Crippen molar-refractivity contribution in [2.24, 2.45) is 0 Å². The summed E-state index contributed by atoms with van der Waals surface area (Å²) in [5, 5.41) is 10.1. The van der Waals surface area contributed by atoms with E-state index in [0.29, 0.717) is 11.3 Å². The molecule has 0 saturated heterocycles. The maximum atomic E-state index is 8.89. The molecule has 0 fully saturated rings. The normalized spacial score (nSPS) is 10.2. The van der Waals surface area contributed by atoms with Gasteiger partial charge in [-0.25, -0.2) is 4.98 Å². The number of halogens is 1. The Bertz CT molecular complexity index is 827. The average molecular weight is 282 g/mol. The average Bonchev–Trinajstić information content (AvgIpc) is 2.46. The first-order valence-corrected chi connectivity index (χ1v) is 6.23. The van der Waals surface area contributed by atoms with Gasteiger partial charge in [0.05, 0.1) is 17.1 Å². The number of nitriles is 1. The number of fused-ring (bicyclic) bond motifs is 1. The van der Waals surface area contributed by atoms with Crippen molar-refractivity contribution >= 4 is 22.5 Å². The highest BCUT2D eigenvalue weighted by Gasteiger charge is 2.04. The molecular formula is C15H8ClN3O. The predicted octanol–water partition coefficient (Wildman–Crippen LogP) is 3.95. The van der Waals surface area contributed by atoms with E-state index in [4.69, 9.17) is 21.6 Å². The molecule has 0 spiro atoms. The Morgan fingerprint density at radius 1 is 1.15 bits per heavy atom. The summed E-state index contributed by atoms with van der Waals surface area (Å²) in [6.07, 6.45) is 1.72. The Kier molecular flexibility index (Phi) is 3.20. The van der Waals surface area contributed by atoms with E-state index in [-0.39, 0.29) is 11.0 Å². The summed E-state index contributed by atoms with van der Waals surface area (Å²) < 4.78 is 5.62. The van der Waals surface area contributed by atoms with Crippen LogP contribution >= 0.6 is 11.6 Å². The van der Waals surface area contributed by atoms with Gasteiger partial charge >= 0.3 is 0 Å². The largest absolute Gasteiger partial charge is 0.439 e. The van der Waals surface area contributed by atoms with Gasteiger partial charge in [-0.15, -0.1) is 0 Å². The molecule has 0 aliphatic heterocycles. The van der Waals surface area contributed by atoms with Crippen LogP contribution in [0.5, 0.6) is 11.6 Å². The molecule has 20 heavy (non-hydrogen) atoms. The maximum absolute atomic E-state index is 8.89. The van der Waals surface area contributed by atoms with Gasteiger partial charge in [-0.05, 0) is 24.3 Å². The topological polar surface area (TPSA) is 58.8 Å². The SMILES string of the molecule is N#Cc1cc(Cl)nc(Oc2ccc3cccnc3c2)c1. The van der Waals surface area contributed by atoms with E-state index in [1.54, 1.807) is 6.20 Å². The minimum Gasteiger partial charge on any atom is -0.439 e. The van der Waals surface area contributed by atoms with Crippen molar-refractivity contribution in [3.05, 3.63) is 59.4 Å². The molecule has 96 valence electrons. The molecule has 0 amide bonds. The van der Waals surface area contributed by atoms with Crippen molar-refractivity contribution in [1.29, 1.82) is 5.26 Å². The summed E-state index contributed by atoms with van der Waals surface area (Å²) in [5.41, 5.74) is 1.23. The summed E-state index contributed by atoms with van der Waals surface area (Å²) in [6.45, 7) is 0. The van der Waals surface area contributed by atoms with E-state index in [0.717, 1.165) is 10.9 Å². The monoisotopic (exact) mass is 281 g/mol. The first-order chi connectivity index (χ1) is 9.74. The van der Waals surface area contributed by atoms with Crippen molar-refractivity contribution in [1.82, 2.24) is 9.97 Å². The number of nitrogens with zero attached hydrogens (tertiary/aromatic N) is 3. The van der Waals surface area contributed by atoms with Crippen LogP contribution in [0.3, 0.4) is 0 Å². The van der Waals surface area contributed by atoms with E-state index in [2.05, 4.69) is 9.97 Å². The van der Waals surface area contributed by atoms with Crippen LogP contribution in [0.1, 0.15) is 5.56 Å². The van der Waals surface area contributed by atoms with Crippen molar-refractivity contribution in [2.45, 2.75) is 0 Å². The number of rotatable bonds is 2. The van der Waals surface area contributed by atoms with Crippen LogP contribution < -0.4 is 4.74 Å². The number of aromatic nitrogens is 2. The molecule has 0 aliphatic rings. The molecule has 5 heteroatoms. The summed E-state index contributed by atoms with van der Waals surface area (Å²) >= 11 is 5.84. The summed E-state index contributed by atoms with van der Waals surface area (Å²) in [7, 11) is 0. The van der Waals surface area contributed by atoms with Gasteiger partial charge in [0.2, 0.25) is 5.88 Å². The molecule has 1 aromatic carbocycles. The second-order valence-corrected chi connectivity index (χ2v) is 4.48. The van der Waals surface area contributed by atoms with Gasteiger partial charge in [0.1, 0.15) is 10.9 Å². The molecule has 0 saturated carbocycles. The molecular weight excluding hydrogens is 274 g/mol. The van der Waals surface area contributed by atoms with E-state index in [1.165, 1.54) is 12.1 Å². The van der Waals surface area contributed by atoms with Crippen LogP contribution in [0.15, 0.2) is 48.7 Å². The molecule has 0 N–H and O–H groups in total. The van der Waals surface area contributed by atoms with E-state index < -0.39 is 0 Å². The third kappa shape index (κ3) is 2.53. The highest BCUT2D eigenvalue weighted by molar-refractivity contribution is 6.29. The molecule has 0 aliphatic carbocycles. The maximum Gasteiger partial charge on any atom is 0.221 e. The summed E-state index contributed by atoms with van der Waals surface area (Å²) in [5.74, 6) is 0.874. The molecule has 3 rings (SSSR count). The third-order valence-corrected chi connectivity index (χ3v) is 2.89. The Hall–Kier alpha value is -2.64. The zero-order valence-electron chi connectivity index (χ0n) is 10.2. The zero-order chi connectivity index (χ0) is 13.9. The van der Waals surface area contributed by atoms with Crippen LogP contribution in [0, 0.1) is 11.3 Å². The zero-order valence-corrected chi connectivity index (χ0v) is 11.0. The lowest BCUT2D eigenvalue weighted by Crippen LogP contribution is -1.90. The van der Waals surface area contributed by atoms with Gasteiger partial charge in [-0.2, -0.15) is 5.26 Å². The number of hydrogen-bond acceptors (Lipinski definition) is 4. The minimum absolute atomic E-state index is 0.220. The standard InChI is InChI=1S/C15H8ClN3O/c16-14-6-10(9-17)7-15(19-14)20-12-4-3-11-2-1-5-18-13(11)8-12/h1-8H. The minimum atomic E-state index is 0.220. The Morgan fingerprint density at radius 3 is 2.90 bits per heavy atom.